The molecule has 0 unspecified atom stereocenters. The van der Waals surface area contributed by atoms with E-state index >= 15 is 0 Å². The minimum atomic E-state index is -3.73. The normalized spacial score (nSPS) is 11.2. The summed E-state index contributed by atoms with van der Waals surface area (Å²) in [5.74, 6) is -0.383. The first-order valence-corrected chi connectivity index (χ1v) is 12.8. The molecule has 0 atom stereocenters. The number of aryl methyl sites for hydroxylation is 2. The second kappa shape index (κ2) is 10.2. The van der Waals surface area contributed by atoms with E-state index in [0.717, 1.165) is 16.0 Å². The van der Waals surface area contributed by atoms with Crippen molar-refractivity contribution in [3.63, 3.8) is 0 Å². The molecule has 0 fully saturated rings. The van der Waals surface area contributed by atoms with Crippen molar-refractivity contribution in [3.8, 4) is 0 Å². The van der Waals surface area contributed by atoms with Crippen LogP contribution in [-0.2, 0) is 16.6 Å². The summed E-state index contributed by atoms with van der Waals surface area (Å²) in [6.07, 6.45) is 1.96. The van der Waals surface area contributed by atoms with Gasteiger partial charge in [-0.1, -0.05) is 29.8 Å². The maximum atomic E-state index is 12.9. The number of carbonyl (C=O) groups excluding carboxylic acids is 1. The lowest BCUT2D eigenvalue weighted by molar-refractivity contribution is 0.102. The molecule has 3 N–H and O–H groups in total. The van der Waals surface area contributed by atoms with Crippen molar-refractivity contribution in [2.45, 2.75) is 30.2 Å². The van der Waals surface area contributed by atoms with E-state index < -0.39 is 10.0 Å². The first-order valence-electron chi connectivity index (χ1n) is 10.1. The Kier molecular flexibility index (Phi) is 7.60. The van der Waals surface area contributed by atoms with Gasteiger partial charge in [0.05, 0.1) is 4.90 Å². The summed E-state index contributed by atoms with van der Waals surface area (Å²) in [6.45, 7) is 4.58. The van der Waals surface area contributed by atoms with Gasteiger partial charge in [-0.2, -0.15) is 0 Å². The smallest absolute Gasteiger partial charge is 0.255 e. The fourth-order valence-electron chi connectivity index (χ4n) is 3.25. The van der Waals surface area contributed by atoms with Crippen LogP contribution in [0.15, 0.2) is 70.5 Å². The zero-order valence-electron chi connectivity index (χ0n) is 18.5. The van der Waals surface area contributed by atoms with Crippen molar-refractivity contribution in [2.75, 3.05) is 23.9 Å². The third-order valence-electron chi connectivity index (χ3n) is 5.06. The highest BCUT2D eigenvalue weighted by Gasteiger charge is 2.17. The third kappa shape index (κ3) is 5.91. The highest BCUT2D eigenvalue weighted by molar-refractivity contribution is 7.98. The van der Waals surface area contributed by atoms with Crippen LogP contribution < -0.4 is 15.4 Å². The zero-order valence-corrected chi connectivity index (χ0v) is 20.2. The Labute approximate surface area is 193 Å². The van der Waals surface area contributed by atoms with E-state index in [1.807, 2.05) is 50.4 Å². The zero-order chi connectivity index (χ0) is 23.3. The number of anilines is 2. The predicted molar refractivity (Wildman–Crippen MR) is 132 cm³/mol. The quantitative estimate of drug-likeness (QED) is 0.413. The Morgan fingerprint density at radius 2 is 1.75 bits per heavy atom. The molecule has 6 nitrogen and oxygen atoms in total. The van der Waals surface area contributed by atoms with E-state index in [4.69, 9.17) is 0 Å². The molecular formula is C24H27N3O3S2. The molecule has 0 bridgehead atoms. The summed E-state index contributed by atoms with van der Waals surface area (Å²) < 4.78 is 27.2. The van der Waals surface area contributed by atoms with Gasteiger partial charge >= 0.3 is 0 Å². The van der Waals surface area contributed by atoms with Crippen LogP contribution in [0, 0.1) is 13.8 Å². The second-order valence-corrected chi connectivity index (χ2v) is 10.2. The van der Waals surface area contributed by atoms with Crippen molar-refractivity contribution >= 4 is 39.1 Å². The molecule has 168 valence electrons. The van der Waals surface area contributed by atoms with Crippen LogP contribution in [0.5, 0.6) is 0 Å². The van der Waals surface area contributed by atoms with Gasteiger partial charge in [-0.15, -0.1) is 11.8 Å². The van der Waals surface area contributed by atoms with E-state index in [2.05, 4.69) is 21.4 Å². The standard InChI is InChI=1S/C24H27N3O3S2/c1-16-8-9-18(17(2)10-16)15-26-21-11-19(12-23(14-21)32(29,30)25-3)24(28)27-20-6-5-7-22(13-20)31-4/h5-14,25-26H,15H2,1-4H3,(H,27,28). The molecule has 3 aromatic carbocycles. The van der Waals surface area contributed by atoms with Gasteiger partial charge in [0.25, 0.3) is 5.91 Å². The molecule has 0 aromatic heterocycles. The number of amides is 1. The summed E-state index contributed by atoms with van der Waals surface area (Å²) in [6, 6.07) is 18.2. The van der Waals surface area contributed by atoms with Gasteiger partial charge in [0.15, 0.2) is 0 Å². The van der Waals surface area contributed by atoms with E-state index in [1.54, 1.807) is 23.9 Å². The minimum Gasteiger partial charge on any atom is -0.381 e. The lowest BCUT2D eigenvalue weighted by atomic mass is 10.1. The van der Waals surface area contributed by atoms with Crippen LogP contribution in [0.25, 0.3) is 0 Å². The first kappa shape index (κ1) is 23.8. The average Bonchev–Trinajstić information content (AvgIpc) is 2.78. The Balaban J connectivity index is 1.91. The highest BCUT2D eigenvalue weighted by Crippen LogP contribution is 2.23. The third-order valence-corrected chi connectivity index (χ3v) is 7.18. The molecule has 0 radical (unpaired) electrons. The van der Waals surface area contributed by atoms with E-state index in [-0.39, 0.29) is 16.4 Å². The van der Waals surface area contributed by atoms with Gasteiger partial charge in [-0.3, -0.25) is 4.79 Å². The van der Waals surface area contributed by atoms with E-state index in [9.17, 15) is 13.2 Å². The van der Waals surface area contributed by atoms with Crippen LogP contribution in [-0.4, -0.2) is 27.6 Å². The van der Waals surface area contributed by atoms with Gasteiger partial charge in [0.2, 0.25) is 10.0 Å². The van der Waals surface area contributed by atoms with Gasteiger partial charge in [-0.05, 0) is 74.7 Å². The second-order valence-electron chi connectivity index (χ2n) is 7.42. The molecular weight excluding hydrogens is 442 g/mol. The van der Waals surface area contributed by atoms with Gasteiger partial charge < -0.3 is 10.6 Å². The Hall–Kier alpha value is -2.81. The number of carbonyl (C=O) groups is 1. The fraction of sp³-hybridized carbons (Fsp3) is 0.208. The number of benzene rings is 3. The van der Waals surface area contributed by atoms with Gasteiger partial charge in [0, 0.05) is 28.4 Å². The van der Waals surface area contributed by atoms with Gasteiger partial charge in [-0.25, -0.2) is 13.1 Å². The van der Waals surface area contributed by atoms with Crippen LogP contribution in [0.2, 0.25) is 0 Å². The molecule has 0 saturated heterocycles. The molecule has 3 aromatic rings. The number of nitrogens with one attached hydrogen (secondary N) is 3. The molecule has 0 heterocycles. The maximum absolute atomic E-state index is 12.9. The molecule has 3 rings (SSSR count). The van der Waals surface area contributed by atoms with Crippen LogP contribution >= 0.6 is 11.8 Å². The summed E-state index contributed by atoms with van der Waals surface area (Å²) in [7, 11) is -2.38. The Bertz CT molecular complexity index is 1240. The first-order chi connectivity index (χ1) is 15.2. The number of hydrogen-bond donors (Lipinski definition) is 3. The number of thioether (sulfide) groups is 1. The molecule has 0 aliphatic heterocycles. The Morgan fingerprint density at radius 1 is 0.969 bits per heavy atom. The maximum Gasteiger partial charge on any atom is 0.255 e. The highest BCUT2D eigenvalue weighted by atomic mass is 32.2. The molecule has 32 heavy (non-hydrogen) atoms. The molecule has 0 aliphatic rings. The largest absolute Gasteiger partial charge is 0.381 e. The lowest BCUT2D eigenvalue weighted by Crippen LogP contribution is -2.20. The number of hydrogen-bond acceptors (Lipinski definition) is 5. The van der Waals surface area contributed by atoms with E-state index in [1.165, 1.54) is 24.7 Å². The topological polar surface area (TPSA) is 87.3 Å². The monoisotopic (exact) mass is 469 g/mol. The number of rotatable bonds is 8. The predicted octanol–water partition coefficient (Wildman–Crippen LogP) is 4.80. The lowest BCUT2D eigenvalue weighted by Gasteiger charge is -2.14. The molecule has 0 aliphatic carbocycles. The SMILES string of the molecule is CNS(=O)(=O)c1cc(NCc2ccc(C)cc2C)cc(C(=O)Nc2cccc(SC)c2)c1. The average molecular weight is 470 g/mol. The fourth-order valence-corrected chi connectivity index (χ4v) is 4.51. The van der Waals surface area contributed by atoms with Crippen LogP contribution in [0.4, 0.5) is 11.4 Å². The summed E-state index contributed by atoms with van der Waals surface area (Å²) in [5, 5.41) is 6.11. The molecule has 8 heteroatoms. The molecule has 0 spiro atoms. The van der Waals surface area contributed by atoms with Crippen molar-refractivity contribution in [1.82, 2.24) is 4.72 Å². The van der Waals surface area contributed by atoms with Crippen LogP contribution in [0.1, 0.15) is 27.0 Å². The summed E-state index contributed by atoms with van der Waals surface area (Å²) in [5.41, 5.74) is 4.86. The van der Waals surface area contributed by atoms with Gasteiger partial charge in [0.1, 0.15) is 0 Å². The van der Waals surface area contributed by atoms with E-state index in [0.29, 0.717) is 17.9 Å². The summed E-state index contributed by atoms with van der Waals surface area (Å²) in [4.78, 5) is 14.0. The summed E-state index contributed by atoms with van der Waals surface area (Å²) >= 11 is 1.57. The van der Waals surface area contributed by atoms with Crippen molar-refractivity contribution < 1.29 is 13.2 Å². The van der Waals surface area contributed by atoms with Crippen molar-refractivity contribution in [1.29, 1.82) is 0 Å². The van der Waals surface area contributed by atoms with Crippen LogP contribution in [0.3, 0.4) is 0 Å². The number of sulfonamides is 1. The molecule has 1 amide bonds. The molecule has 0 saturated carbocycles. The van der Waals surface area contributed by atoms with Crippen molar-refractivity contribution in [2.24, 2.45) is 0 Å². The van der Waals surface area contributed by atoms with Crippen molar-refractivity contribution in [3.05, 3.63) is 82.9 Å². The Morgan fingerprint density at radius 3 is 2.44 bits per heavy atom. The minimum absolute atomic E-state index is 0.0219.